The fourth-order valence-electron chi connectivity index (χ4n) is 2.77. The van der Waals surface area contributed by atoms with Gasteiger partial charge in [-0.1, -0.05) is 17.7 Å². The number of hydrogen-bond donors (Lipinski definition) is 1. The largest absolute Gasteiger partial charge is 0.455 e. The van der Waals surface area contributed by atoms with E-state index in [-0.39, 0.29) is 5.56 Å². The van der Waals surface area contributed by atoms with E-state index in [0.717, 1.165) is 11.1 Å². The molecule has 0 fully saturated rings. The third-order valence-corrected chi connectivity index (χ3v) is 4.57. The molecule has 2 aromatic carbocycles. The first-order valence-electron chi connectivity index (χ1n) is 8.37. The zero-order chi connectivity index (χ0) is 20.3. The van der Waals surface area contributed by atoms with Gasteiger partial charge < -0.3 is 4.74 Å². The summed E-state index contributed by atoms with van der Waals surface area (Å²) in [6, 6.07) is 13.9. The van der Waals surface area contributed by atoms with Crippen LogP contribution in [0.2, 0.25) is 5.02 Å². The molecule has 1 aromatic heterocycles. The molecule has 3 aromatic rings. The second-order valence-electron chi connectivity index (χ2n) is 6.28. The smallest absolute Gasteiger partial charge is 0.267 e. The van der Waals surface area contributed by atoms with Gasteiger partial charge in [0, 0.05) is 12.0 Å². The van der Waals surface area contributed by atoms with Gasteiger partial charge in [0.2, 0.25) is 0 Å². The Labute approximate surface area is 166 Å². The number of halogens is 1. The molecule has 0 aliphatic carbocycles. The summed E-state index contributed by atoms with van der Waals surface area (Å²) in [5.41, 5.74) is 3.47. The highest BCUT2D eigenvalue weighted by molar-refractivity contribution is 6.32. The summed E-state index contributed by atoms with van der Waals surface area (Å²) in [7, 11) is 0. The molecule has 7 heteroatoms. The van der Waals surface area contributed by atoms with Crippen LogP contribution >= 0.6 is 11.6 Å². The molecule has 0 atom stereocenters. The fraction of sp³-hybridized carbons (Fsp3) is 0.143. The predicted octanol–water partition coefficient (Wildman–Crippen LogP) is 4.17. The number of benzene rings is 2. The topological polar surface area (TPSA) is 103 Å². The lowest BCUT2D eigenvalue weighted by Gasteiger charge is -2.15. The number of H-pyrrole nitrogens is 1. The molecule has 0 bridgehead atoms. The lowest BCUT2D eigenvalue weighted by atomic mass is 10.0. The third kappa shape index (κ3) is 4.03. The Morgan fingerprint density at radius 1 is 1.11 bits per heavy atom. The SMILES string of the molecule is Cc1c(Cc2cc(C)c(=O)[nH]n2)ccc(Cl)c1Oc1cc(C#N)cc(C#N)c1. The molecule has 0 saturated carbocycles. The van der Waals surface area contributed by atoms with Crippen LogP contribution in [0.4, 0.5) is 0 Å². The minimum absolute atomic E-state index is 0.216. The Bertz CT molecular complexity index is 1170. The monoisotopic (exact) mass is 390 g/mol. The van der Waals surface area contributed by atoms with Crippen LogP contribution in [0.25, 0.3) is 0 Å². The first-order chi connectivity index (χ1) is 13.4. The van der Waals surface area contributed by atoms with Crippen molar-refractivity contribution in [3.63, 3.8) is 0 Å². The second kappa shape index (κ2) is 7.96. The van der Waals surface area contributed by atoms with Crippen LogP contribution in [0.1, 0.15) is 33.5 Å². The van der Waals surface area contributed by atoms with Crippen molar-refractivity contribution in [2.24, 2.45) is 0 Å². The molecule has 0 aliphatic rings. The summed E-state index contributed by atoms with van der Waals surface area (Å²) < 4.78 is 5.93. The van der Waals surface area contributed by atoms with Crippen LogP contribution in [0.5, 0.6) is 11.5 Å². The standard InChI is InChI=1S/C21H15ClN4O2/c1-12-5-17(25-26-21(12)27)9-16-3-4-19(22)20(13(16)2)28-18-7-14(10-23)6-15(8-18)11-24/h3-8H,9H2,1-2H3,(H,26,27). The molecule has 28 heavy (non-hydrogen) atoms. The molecule has 0 amide bonds. The minimum atomic E-state index is -0.216. The molecule has 0 aliphatic heterocycles. The first kappa shape index (κ1) is 19.2. The van der Waals surface area contributed by atoms with Gasteiger partial charge in [0.25, 0.3) is 5.56 Å². The van der Waals surface area contributed by atoms with Crippen LogP contribution in [-0.4, -0.2) is 10.2 Å². The summed E-state index contributed by atoms with van der Waals surface area (Å²) in [5, 5.41) is 25.2. The quantitative estimate of drug-likeness (QED) is 0.720. The van der Waals surface area contributed by atoms with Gasteiger partial charge in [-0.3, -0.25) is 4.79 Å². The summed E-state index contributed by atoms with van der Waals surface area (Å²) in [4.78, 5) is 11.5. The van der Waals surface area contributed by atoms with Gasteiger partial charge in [-0.15, -0.1) is 0 Å². The number of hydrogen-bond acceptors (Lipinski definition) is 5. The van der Waals surface area contributed by atoms with Crippen molar-refractivity contribution in [2.75, 3.05) is 0 Å². The Kier molecular flexibility index (Phi) is 5.44. The van der Waals surface area contributed by atoms with Crippen LogP contribution in [0.15, 0.2) is 41.2 Å². The number of rotatable bonds is 4. The van der Waals surface area contributed by atoms with E-state index >= 15 is 0 Å². The van der Waals surface area contributed by atoms with E-state index in [0.29, 0.717) is 45.3 Å². The Morgan fingerprint density at radius 3 is 2.39 bits per heavy atom. The maximum Gasteiger partial charge on any atom is 0.267 e. The van der Waals surface area contributed by atoms with E-state index in [1.165, 1.54) is 6.07 Å². The van der Waals surface area contributed by atoms with Gasteiger partial charge >= 0.3 is 0 Å². The normalized spacial score (nSPS) is 10.2. The average molecular weight is 391 g/mol. The van der Waals surface area contributed by atoms with E-state index in [1.807, 2.05) is 25.1 Å². The molecule has 0 saturated heterocycles. The highest BCUT2D eigenvalue weighted by atomic mass is 35.5. The molecule has 0 spiro atoms. The zero-order valence-corrected chi connectivity index (χ0v) is 16.0. The van der Waals surface area contributed by atoms with Crippen molar-refractivity contribution in [2.45, 2.75) is 20.3 Å². The number of ether oxygens (including phenoxy) is 1. The van der Waals surface area contributed by atoms with E-state index in [9.17, 15) is 4.79 Å². The molecule has 0 radical (unpaired) electrons. The third-order valence-electron chi connectivity index (χ3n) is 4.27. The molecular formula is C21H15ClN4O2. The van der Waals surface area contributed by atoms with Crippen LogP contribution in [0, 0.1) is 36.5 Å². The maximum atomic E-state index is 11.5. The van der Waals surface area contributed by atoms with Crippen molar-refractivity contribution in [1.29, 1.82) is 10.5 Å². The molecule has 138 valence electrons. The van der Waals surface area contributed by atoms with Gasteiger partial charge in [0.1, 0.15) is 11.5 Å². The predicted molar refractivity (Wildman–Crippen MR) is 105 cm³/mol. The zero-order valence-electron chi connectivity index (χ0n) is 15.2. The first-order valence-corrected chi connectivity index (χ1v) is 8.75. The van der Waals surface area contributed by atoms with Gasteiger partial charge in [-0.05, 0) is 55.3 Å². The molecule has 1 heterocycles. The maximum absolute atomic E-state index is 11.5. The number of aromatic amines is 1. The fourth-order valence-corrected chi connectivity index (χ4v) is 3.01. The van der Waals surface area contributed by atoms with Crippen molar-refractivity contribution < 1.29 is 4.74 Å². The van der Waals surface area contributed by atoms with Gasteiger partial charge in [-0.2, -0.15) is 15.6 Å². The summed E-state index contributed by atoms with van der Waals surface area (Å²) >= 11 is 6.33. The van der Waals surface area contributed by atoms with Gasteiger partial charge in [0.05, 0.1) is 34.0 Å². The van der Waals surface area contributed by atoms with E-state index in [4.69, 9.17) is 26.9 Å². The molecule has 1 N–H and O–H groups in total. The summed E-state index contributed by atoms with van der Waals surface area (Å²) in [5.74, 6) is 0.801. The highest BCUT2D eigenvalue weighted by Gasteiger charge is 2.14. The number of aromatic nitrogens is 2. The average Bonchev–Trinajstić information content (AvgIpc) is 2.69. The van der Waals surface area contributed by atoms with E-state index in [1.54, 1.807) is 31.2 Å². The number of nitriles is 2. The van der Waals surface area contributed by atoms with Crippen molar-refractivity contribution >= 4 is 11.6 Å². The molecular weight excluding hydrogens is 376 g/mol. The molecule has 6 nitrogen and oxygen atoms in total. The number of aryl methyl sites for hydroxylation is 1. The lowest BCUT2D eigenvalue weighted by molar-refractivity contribution is 0.478. The Morgan fingerprint density at radius 2 is 1.79 bits per heavy atom. The van der Waals surface area contributed by atoms with Crippen LogP contribution < -0.4 is 10.3 Å². The summed E-state index contributed by atoms with van der Waals surface area (Å²) in [6.45, 7) is 3.59. The van der Waals surface area contributed by atoms with Crippen LogP contribution in [-0.2, 0) is 6.42 Å². The van der Waals surface area contributed by atoms with Crippen molar-refractivity contribution in [3.05, 3.63) is 85.3 Å². The Balaban J connectivity index is 1.98. The number of nitrogens with zero attached hydrogens (tertiary/aromatic N) is 3. The Hall–Kier alpha value is -3.61. The minimum Gasteiger partial charge on any atom is -0.455 e. The highest BCUT2D eigenvalue weighted by Crippen LogP contribution is 2.35. The van der Waals surface area contributed by atoms with Gasteiger partial charge in [0.15, 0.2) is 0 Å². The van der Waals surface area contributed by atoms with Crippen molar-refractivity contribution in [1.82, 2.24) is 10.2 Å². The van der Waals surface area contributed by atoms with E-state index in [2.05, 4.69) is 10.2 Å². The van der Waals surface area contributed by atoms with E-state index < -0.39 is 0 Å². The van der Waals surface area contributed by atoms with Crippen molar-refractivity contribution in [3.8, 4) is 23.6 Å². The molecule has 0 unspecified atom stereocenters. The molecule has 3 rings (SSSR count). The summed E-state index contributed by atoms with van der Waals surface area (Å²) in [6.07, 6.45) is 0.485. The van der Waals surface area contributed by atoms with Gasteiger partial charge in [-0.25, -0.2) is 5.10 Å². The second-order valence-corrected chi connectivity index (χ2v) is 6.69. The van der Waals surface area contributed by atoms with Crippen LogP contribution in [0.3, 0.4) is 0 Å². The number of nitrogens with one attached hydrogen (secondary N) is 1. The lowest BCUT2D eigenvalue weighted by Crippen LogP contribution is -2.13.